The molecule has 3 aromatic rings. The number of urea groups is 1. The highest BCUT2D eigenvalue weighted by Crippen LogP contribution is 2.27. The smallest absolute Gasteiger partial charge is 0.321 e. The number of amides is 3. The summed E-state index contributed by atoms with van der Waals surface area (Å²) in [5, 5.41) is 15.2. The van der Waals surface area contributed by atoms with Crippen LogP contribution in [0, 0.1) is 6.92 Å². The van der Waals surface area contributed by atoms with Crippen molar-refractivity contribution in [2.75, 3.05) is 29.5 Å². The van der Waals surface area contributed by atoms with E-state index in [2.05, 4.69) is 20.8 Å². The molecule has 1 aliphatic heterocycles. The fourth-order valence-corrected chi connectivity index (χ4v) is 4.64. The van der Waals surface area contributed by atoms with E-state index in [1.807, 2.05) is 54.8 Å². The molecule has 1 aliphatic rings. The molecule has 33 heavy (non-hydrogen) atoms. The van der Waals surface area contributed by atoms with Crippen molar-refractivity contribution in [3.05, 3.63) is 54.1 Å². The van der Waals surface area contributed by atoms with Gasteiger partial charge in [0.25, 0.3) is 0 Å². The normalized spacial score (nSPS) is 13.2. The third-order valence-corrected chi connectivity index (χ3v) is 6.55. The van der Waals surface area contributed by atoms with Gasteiger partial charge in [-0.25, -0.2) is 4.79 Å². The van der Waals surface area contributed by atoms with Gasteiger partial charge in [-0.2, -0.15) is 0 Å². The summed E-state index contributed by atoms with van der Waals surface area (Å²) in [5.74, 6) is 0.805. The Labute approximate surface area is 197 Å². The molecule has 0 aliphatic carbocycles. The van der Waals surface area contributed by atoms with Gasteiger partial charge in [-0.15, -0.1) is 10.2 Å². The Bertz CT molecular complexity index is 1140. The number of anilines is 2. The molecular weight excluding hydrogens is 436 g/mol. The average Bonchev–Trinajstić information content (AvgIpc) is 3.49. The molecule has 8 nitrogen and oxygen atoms in total. The number of benzene rings is 2. The van der Waals surface area contributed by atoms with Gasteiger partial charge in [-0.3, -0.25) is 4.79 Å². The summed E-state index contributed by atoms with van der Waals surface area (Å²) in [5.41, 5.74) is 3.33. The third kappa shape index (κ3) is 5.36. The van der Waals surface area contributed by atoms with Crippen LogP contribution < -0.4 is 10.6 Å². The van der Waals surface area contributed by atoms with Gasteiger partial charge in [0.05, 0.1) is 17.1 Å². The molecule has 1 aromatic heterocycles. The first-order chi connectivity index (χ1) is 16.1. The highest BCUT2D eigenvalue weighted by Gasteiger charge is 2.20. The van der Waals surface area contributed by atoms with Gasteiger partial charge in [-0.1, -0.05) is 48.2 Å². The summed E-state index contributed by atoms with van der Waals surface area (Å²) in [4.78, 5) is 26.9. The Morgan fingerprint density at radius 2 is 1.64 bits per heavy atom. The molecule has 1 saturated heterocycles. The molecule has 9 heteroatoms. The number of aromatic nitrogens is 3. The number of hydrogen-bond donors (Lipinski definition) is 2. The van der Waals surface area contributed by atoms with Crippen LogP contribution in [0.4, 0.5) is 16.2 Å². The standard InChI is InChI=1S/C24H28N6O2S/c1-3-30-22(18-11-5-4-10-17(18)2)27-28-24(30)33-16-21(31)25-19-12-6-7-13-20(19)26-23(32)29-14-8-9-15-29/h4-7,10-13H,3,8-9,14-16H2,1-2H3,(H,25,31)(H,26,32). The Kier molecular flexibility index (Phi) is 7.29. The van der Waals surface area contributed by atoms with Crippen molar-refractivity contribution < 1.29 is 9.59 Å². The number of aryl methyl sites for hydroxylation is 1. The van der Waals surface area contributed by atoms with E-state index in [4.69, 9.17) is 0 Å². The zero-order valence-corrected chi connectivity index (χ0v) is 19.7. The van der Waals surface area contributed by atoms with Gasteiger partial charge in [-0.05, 0) is 44.4 Å². The number of nitrogens with one attached hydrogen (secondary N) is 2. The predicted octanol–water partition coefficient (Wildman–Crippen LogP) is 4.63. The first kappa shape index (κ1) is 22.8. The zero-order valence-electron chi connectivity index (χ0n) is 18.9. The maximum atomic E-state index is 12.7. The number of likely N-dealkylation sites (tertiary alicyclic amines) is 1. The number of carbonyl (C=O) groups excluding carboxylic acids is 2. The van der Waals surface area contributed by atoms with E-state index >= 15 is 0 Å². The first-order valence-corrected chi connectivity index (χ1v) is 12.1. The highest BCUT2D eigenvalue weighted by molar-refractivity contribution is 7.99. The minimum Gasteiger partial charge on any atom is -0.325 e. The molecule has 0 saturated carbocycles. The molecule has 0 unspecified atom stereocenters. The number of rotatable bonds is 7. The fraction of sp³-hybridized carbons (Fsp3) is 0.333. The van der Waals surface area contributed by atoms with Crippen LogP contribution in [-0.4, -0.2) is 50.4 Å². The van der Waals surface area contributed by atoms with Crippen molar-refractivity contribution >= 4 is 35.1 Å². The Morgan fingerprint density at radius 1 is 0.970 bits per heavy atom. The van der Waals surface area contributed by atoms with Gasteiger partial charge in [0.2, 0.25) is 5.91 Å². The molecule has 3 amide bonds. The van der Waals surface area contributed by atoms with E-state index in [1.54, 1.807) is 17.0 Å². The summed E-state index contributed by atoms with van der Waals surface area (Å²) in [6, 6.07) is 15.2. The lowest BCUT2D eigenvalue weighted by molar-refractivity contribution is -0.113. The summed E-state index contributed by atoms with van der Waals surface area (Å²) in [7, 11) is 0. The van der Waals surface area contributed by atoms with Crippen molar-refractivity contribution in [3.63, 3.8) is 0 Å². The number of hydrogen-bond acceptors (Lipinski definition) is 5. The monoisotopic (exact) mass is 464 g/mol. The second-order valence-electron chi connectivity index (χ2n) is 7.87. The minimum atomic E-state index is -0.175. The van der Waals surface area contributed by atoms with Crippen molar-refractivity contribution in [1.29, 1.82) is 0 Å². The second kappa shape index (κ2) is 10.5. The molecule has 0 atom stereocenters. The summed E-state index contributed by atoms with van der Waals surface area (Å²) in [6.07, 6.45) is 2.05. The van der Waals surface area contributed by atoms with Crippen LogP contribution in [0.25, 0.3) is 11.4 Å². The van der Waals surface area contributed by atoms with Crippen molar-refractivity contribution in [3.8, 4) is 11.4 Å². The minimum absolute atomic E-state index is 0.136. The van der Waals surface area contributed by atoms with E-state index in [0.29, 0.717) is 23.1 Å². The summed E-state index contributed by atoms with van der Waals surface area (Å²) in [6.45, 7) is 6.31. The van der Waals surface area contributed by atoms with Crippen LogP contribution in [0.1, 0.15) is 25.3 Å². The first-order valence-electron chi connectivity index (χ1n) is 11.1. The molecule has 172 valence electrons. The quantitative estimate of drug-likeness (QED) is 0.497. The molecule has 1 fully saturated rings. The summed E-state index contributed by atoms with van der Waals surface area (Å²) >= 11 is 1.34. The van der Waals surface area contributed by atoms with E-state index in [0.717, 1.165) is 42.9 Å². The van der Waals surface area contributed by atoms with E-state index < -0.39 is 0 Å². The van der Waals surface area contributed by atoms with Gasteiger partial charge >= 0.3 is 6.03 Å². The lowest BCUT2D eigenvalue weighted by Crippen LogP contribution is -2.32. The van der Waals surface area contributed by atoms with E-state index in [1.165, 1.54) is 11.8 Å². The molecular formula is C24H28N6O2S. The van der Waals surface area contributed by atoms with E-state index in [-0.39, 0.29) is 17.7 Å². The Balaban J connectivity index is 1.40. The van der Waals surface area contributed by atoms with Crippen molar-refractivity contribution in [2.45, 2.75) is 38.4 Å². The average molecular weight is 465 g/mol. The lowest BCUT2D eigenvalue weighted by Gasteiger charge is -2.18. The van der Waals surface area contributed by atoms with Crippen LogP contribution in [0.2, 0.25) is 0 Å². The van der Waals surface area contributed by atoms with Crippen LogP contribution in [0.3, 0.4) is 0 Å². The largest absolute Gasteiger partial charge is 0.325 e. The molecule has 0 radical (unpaired) electrons. The number of carbonyl (C=O) groups is 2. The fourth-order valence-electron chi connectivity index (χ4n) is 3.84. The van der Waals surface area contributed by atoms with E-state index in [9.17, 15) is 9.59 Å². The van der Waals surface area contributed by atoms with Crippen LogP contribution in [0.15, 0.2) is 53.7 Å². The molecule has 0 bridgehead atoms. The molecule has 2 aromatic carbocycles. The van der Waals surface area contributed by atoms with Crippen molar-refractivity contribution in [2.24, 2.45) is 0 Å². The third-order valence-electron chi connectivity index (χ3n) is 5.59. The maximum absolute atomic E-state index is 12.7. The van der Waals surface area contributed by atoms with Crippen molar-refractivity contribution in [1.82, 2.24) is 19.7 Å². The van der Waals surface area contributed by atoms with Gasteiger partial charge < -0.3 is 20.1 Å². The molecule has 2 N–H and O–H groups in total. The van der Waals surface area contributed by atoms with Crippen LogP contribution >= 0.6 is 11.8 Å². The Hall–Kier alpha value is -3.33. The second-order valence-corrected chi connectivity index (χ2v) is 8.81. The highest BCUT2D eigenvalue weighted by atomic mass is 32.2. The lowest BCUT2D eigenvalue weighted by atomic mass is 10.1. The van der Waals surface area contributed by atoms with Gasteiger partial charge in [0, 0.05) is 25.2 Å². The topological polar surface area (TPSA) is 92.2 Å². The zero-order chi connectivity index (χ0) is 23.2. The van der Waals surface area contributed by atoms with Gasteiger partial charge in [0.15, 0.2) is 11.0 Å². The number of para-hydroxylation sites is 2. The maximum Gasteiger partial charge on any atom is 0.321 e. The SMILES string of the molecule is CCn1c(SCC(=O)Nc2ccccc2NC(=O)N2CCCC2)nnc1-c1ccccc1C. The molecule has 4 rings (SSSR count). The molecule has 0 spiro atoms. The Morgan fingerprint density at radius 3 is 2.33 bits per heavy atom. The van der Waals surface area contributed by atoms with Gasteiger partial charge in [0.1, 0.15) is 0 Å². The number of thioether (sulfide) groups is 1. The number of nitrogens with zero attached hydrogens (tertiary/aromatic N) is 4. The van der Waals surface area contributed by atoms with Crippen LogP contribution in [0.5, 0.6) is 0 Å². The predicted molar refractivity (Wildman–Crippen MR) is 131 cm³/mol. The molecule has 2 heterocycles. The summed E-state index contributed by atoms with van der Waals surface area (Å²) < 4.78 is 2.02. The van der Waals surface area contributed by atoms with Crippen LogP contribution in [-0.2, 0) is 11.3 Å².